The van der Waals surface area contributed by atoms with Gasteiger partial charge in [-0.25, -0.2) is 8.42 Å². The molecule has 104 valence electrons. The molecule has 0 saturated carbocycles. The molecule has 6 heteroatoms. The Labute approximate surface area is 109 Å². The van der Waals surface area contributed by atoms with Crippen molar-refractivity contribution in [3.8, 4) is 0 Å². The molecular formula is C12H22N2O3S. The molecule has 3 saturated heterocycles. The topological polar surface area (TPSA) is 58.6 Å². The third-order valence-corrected chi connectivity index (χ3v) is 6.52. The summed E-state index contributed by atoms with van der Waals surface area (Å²) < 4.78 is 32.4. The SMILES string of the molecule is CC1CC2CNCC2N1S(=O)(=O)CC1CCCO1. The molecule has 0 radical (unpaired) electrons. The van der Waals surface area contributed by atoms with Gasteiger partial charge < -0.3 is 10.1 Å². The average Bonchev–Trinajstić information content (AvgIpc) is 2.92. The number of sulfonamides is 1. The molecule has 5 nitrogen and oxygen atoms in total. The molecule has 0 aromatic carbocycles. The maximum Gasteiger partial charge on any atom is 0.217 e. The lowest BCUT2D eigenvalue weighted by molar-refractivity contribution is 0.126. The second-order valence-electron chi connectivity index (χ2n) is 5.81. The molecular weight excluding hydrogens is 252 g/mol. The summed E-state index contributed by atoms with van der Waals surface area (Å²) in [6, 6.07) is 0.319. The molecule has 0 aliphatic carbocycles. The molecule has 3 fully saturated rings. The van der Waals surface area contributed by atoms with Crippen LogP contribution in [0, 0.1) is 5.92 Å². The van der Waals surface area contributed by atoms with Crippen LogP contribution < -0.4 is 5.32 Å². The molecule has 1 N–H and O–H groups in total. The number of hydrogen-bond donors (Lipinski definition) is 1. The van der Waals surface area contributed by atoms with E-state index in [1.54, 1.807) is 4.31 Å². The van der Waals surface area contributed by atoms with Gasteiger partial charge in [-0.3, -0.25) is 0 Å². The van der Waals surface area contributed by atoms with Crippen LogP contribution >= 0.6 is 0 Å². The zero-order valence-electron chi connectivity index (χ0n) is 10.8. The van der Waals surface area contributed by atoms with Crippen LogP contribution in [0.2, 0.25) is 0 Å². The zero-order chi connectivity index (χ0) is 12.8. The summed E-state index contributed by atoms with van der Waals surface area (Å²) in [5, 5.41) is 3.30. The molecule has 0 spiro atoms. The van der Waals surface area contributed by atoms with Crippen molar-refractivity contribution in [1.82, 2.24) is 9.62 Å². The van der Waals surface area contributed by atoms with Gasteiger partial charge in [-0.05, 0) is 38.6 Å². The van der Waals surface area contributed by atoms with Crippen LogP contribution in [0.4, 0.5) is 0 Å². The Bertz CT molecular complexity index is 406. The van der Waals surface area contributed by atoms with E-state index in [1.807, 2.05) is 6.92 Å². The van der Waals surface area contributed by atoms with Crippen molar-refractivity contribution in [2.45, 2.75) is 44.4 Å². The van der Waals surface area contributed by atoms with E-state index in [4.69, 9.17) is 4.74 Å². The van der Waals surface area contributed by atoms with Crippen LogP contribution in [-0.4, -0.2) is 56.4 Å². The number of rotatable bonds is 3. The van der Waals surface area contributed by atoms with Crippen molar-refractivity contribution >= 4 is 10.0 Å². The van der Waals surface area contributed by atoms with Crippen LogP contribution in [0.15, 0.2) is 0 Å². The minimum Gasteiger partial charge on any atom is -0.377 e. The molecule has 0 bridgehead atoms. The summed E-state index contributed by atoms with van der Waals surface area (Å²) in [7, 11) is -3.18. The summed E-state index contributed by atoms with van der Waals surface area (Å²) in [5.74, 6) is 0.667. The van der Waals surface area contributed by atoms with E-state index < -0.39 is 10.0 Å². The van der Waals surface area contributed by atoms with Crippen molar-refractivity contribution in [3.63, 3.8) is 0 Å². The van der Waals surface area contributed by atoms with E-state index in [1.165, 1.54) is 0 Å². The molecule has 18 heavy (non-hydrogen) atoms. The van der Waals surface area contributed by atoms with E-state index in [9.17, 15) is 8.42 Å². The second kappa shape index (κ2) is 4.74. The smallest absolute Gasteiger partial charge is 0.217 e. The zero-order valence-corrected chi connectivity index (χ0v) is 11.7. The van der Waals surface area contributed by atoms with Crippen LogP contribution in [0.1, 0.15) is 26.2 Å². The predicted molar refractivity (Wildman–Crippen MR) is 68.8 cm³/mol. The van der Waals surface area contributed by atoms with E-state index in [0.717, 1.165) is 32.4 Å². The van der Waals surface area contributed by atoms with Gasteiger partial charge in [0.1, 0.15) is 0 Å². The Hall–Kier alpha value is -0.170. The third kappa shape index (κ3) is 2.19. The maximum atomic E-state index is 12.6. The first-order valence-corrected chi connectivity index (χ1v) is 8.52. The Morgan fingerprint density at radius 2 is 2.22 bits per heavy atom. The fourth-order valence-electron chi connectivity index (χ4n) is 3.70. The Balaban J connectivity index is 1.75. The Morgan fingerprint density at radius 3 is 2.94 bits per heavy atom. The van der Waals surface area contributed by atoms with Gasteiger partial charge in [0.2, 0.25) is 10.0 Å². The summed E-state index contributed by atoms with van der Waals surface area (Å²) in [6.07, 6.45) is 2.77. The normalized spacial score (nSPS) is 41.4. The minimum atomic E-state index is -3.18. The van der Waals surface area contributed by atoms with E-state index >= 15 is 0 Å². The lowest BCUT2D eigenvalue weighted by Gasteiger charge is -2.27. The summed E-state index contributed by atoms with van der Waals surface area (Å²) in [4.78, 5) is 0. The van der Waals surface area contributed by atoms with Crippen molar-refractivity contribution in [1.29, 1.82) is 0 Å². The molecule has 0 amide bonds. The van der Waals surface area contributed by atoms with Gasteiger partial charge in [0, 0.05) is 25.2 Å². The van der Waals surface area contributed by atoms with Gasteiger partial charge >= 0.3 is 0 Å². The molecule has 3 aliphatic heterocycles. The van der Waals surface area contributed by atoms with Crippen molar-refractivity contribution in [2.75, 3.05) is 25.4 Å². The Morgan fingerprint density at radius 1 is 1.39 bits per heavy atom. The van der Waals surface area contributed by atoms with Crippen molar-refractivity contribution < 1.29 is 13.2 Å². The number of nitrogens with zero attached hydrogens (tertiary/aromatic N) is 1. The first kappa shape index (κ1) is 12.8. The highest BCUT2D eigenvalue weighted by Crippen LogP contribution is 2.35. The highest BCUT2D eigenvalue weighted by Gasteiger charge is 2.47. The van der Waals surface area contributed by atoms with Crippen LogP contribution in [-0.2, 0) is 14.8 Å². The minimum absolute atomic E-state index is 0.0874. The van der Waals surface area contributed by atoms with Crippen molar-refractivity contribution in [2.24, 2.45) is 5.92 Å². The fraction of sp³-hybridized carbons (Fsp3) is 1.00. The quantitative estimate of drug-likeness (QED) is 0.797. The van der Waals surface area contributed by atoms with Crippen LogP contribution in [0.25, 0.3) is 0 Å². The number of nitrogens with one attached hydrogen (secondary N) is 1. The summed E-state index contributed by atoms with van der Waals surface area (Å²) >= 11 is 0. The molecule has 0 aromatic rings. The lowest BCUT2D eigenvalue weighted by atomic mass is 10.0. The molecule has 3 heterocycles. The summed E-state index contributed by atoms with van der Waals surface area (Å²) in [6.45, 7) is 4.51. The molecule has 3 rings (SSSR count). The van der Waals surface area contributed by atoms with Crippen molar-refractivity contribution in [3.05, 3.63) is 0 Å². The average molecular weight is 274 g/mol. The van der Waals surface area contributed by atoms with Gasteiger partial charge in [0.25, 0.3) is 0 Å². The van der Waals surface area contributed by atoms with E-state index in [-0.39, 0.29) is 23.9 Å². The standard InChI is InChI=1S/C12H22N2O3S/c1-9-5-10-6-13-7-12(10)14(9)18(15,16)8-11-3-2-4-17-11/h9-13H,2-8H2,1H3. The van der Waals surface area contributed by atoms with E-state index in [0.29, 0.717) is 12.5 Å². The number of hydrogen-bond acceptors (Lipinski definition) is 4. The van der Waals surface area contributed by atoms with Gasteiger partial charge in [-0.15, -0.1) is 0 Å². The monoisotopic (exact) mass is 274 g/mol. The third-order valence-electron chi connectivity index (χ3n) is 4.45. The molecule has 4 unspecified atom stereocenters. The van der Waals surface area contributed by atoms with Gasteiger partial charge in [-0.2, -0.15) is 4.31 Å². The van der Waals surface area contributed by atoms with Crippen LogP contribution in [0.3, 0.4) is 0 Å². The molecule has 0 aromatic heterocycles. The number of ether oxygens (including phenoxy) is 1. The second-order valence-corrected chi connectivity index (χ2v) is 7.73. The first-order chi connectivity index (χ1) is 8.58. The predicted octanol–water partition coefficient (Wildman–Crippen LogP) is 0.177. The molecule has 4 atom stereocenters. The van der Waals surface area contributed by atoms with Crippen LogP contribution in [0.5, 0.6) is 0 Å². The van der Waals surface area contributed by atoms with Gasteiger partial charge in [0.05, 0.1) is 11.9 Å². The highest BCUT2D eigenvalue weighted by molar-refractivity contribution is 7.89. The Kier molecular flexibility index (Phi) is 3.38. The van der Waals surface area contributed by atoms with E-state index in [2.05, 4.69) is 5.32 Å². The number of fused-ring (bicyclic) bond motifs is 1. The first-order valence-electron chi connectivity index (χ1n) is 6.91. The maximum absolute atomic E-state index is 12.6. The highest BCUT2D eigenvalue weighted by atomic mass is 32.2. The molecule has 3 aliphatic rings. The van der Waals surface area contributed by atoms with Gasteiger partial charge in [-0.1, -0.05) is 0 Å². The summed E-state index contributed by atoms with van der Waals surface area (Å²) in [5.41, 5.74) is 0. The fourth-order valence-corrected chi connectivity index (χ4v) is 5.90. The van der Waals surface area contributed by atoms with Gasteiger partial charge in [0.15, 0.2) is 0 Å². The lowest BCUT2D eigenvalue weighted by Crippen LogP contribution is -2.45. The largest absolute Gasteiger partial charge is 0.377 e.